The summed E-state index contributed by atoms with van der Waals surface area (Å²) in [5.41, 5.74) is 0.997. The highest BCUT2D eigenvalue weighted by Crippen LogP contribution is 2.57. The zero-order chi connectivity index (χ0) is 12.9. The second-order valence-corrected chi connectivity index (χ2v) is 8.44. The predicted molar refractivity (Wildman–Crippen MR) is 79.1 cm³/mol. The van der Waals surface area contributed by atoms with Gasteiger partial charge < -0.3 is 4.72 Å². The van der Waals surface area contributed by atoms with Gasteiger partial charge in [-0.15, -0.1) is 0 Å². The van der Waals surface area contributed by atoms with Crippen LogP contribution in [0.25, 0.3) is 0 Å². The molecule has 3 heteroatoms. The number of nitrogens with one attached hydrogen (secondary N) is 1. The van der Waals surface area contributed by atoms with E-state index in [4.69, 9.17) is 0 Å². The average Bonchev–Trinajstić information content (AvgIpc) is 2.38. The molecule has 0 aromatic heterocycles. The molecule has 5 rings (SSSR count). The van der Waals surface area contributed by atoms with E-state index in [1.807, 2.05) is 30.3 Å². The summed E-state index contributed by atoms with van der Waals surface area (Å²) in [6.45, 7) is 0. The lowest BCUT2D eigenvalue weighted by molar-refractivity contribution is 0.0363. The van der Waals surface area contributed by atoms with Gasteiger partial charge in [0.05, 0.1) is 4.75 Å². The lowest BCUT2D eigenvalue weighted by Gasteiger charge is -2.55. The minimum atomic E-state index is -0.926. The molecule has 1 N–H and O–H groups in total. The smallest absolute Gasteiger partial charge is 0.123 e. The number of benzene rings is 1. The van der Waals surface area contributed by atoms with Crippen molar-refractivity contribution < 1.29 is 4.21 Å². The molecule has 4 aliphatic carbocycles. The maximum atomic E-state index is 12.9. The van der Waals surface area contributed by atoms with Crippen LogP contribution in [0.15, 0.2) is 30.3 Å². The van der Waals surface area contributed by atoms with Crippen molar-refractivity contribution in [2.75, 3.05) is 4.72 Å². The maximum absolute atomic E-state index is 12.9. The first-order chi connectivity index (χ1) is 9.23. The van der Waals surface area contributed by atoms with E-state index >= 15 is 0 Å². The third-order valence-corrected chi connectivity index (χ3v) is 7.07. The van der Waals surface area contributed by atoms with Crippen LogP contribution in [0.4, 0.5) is 5.69 Å². The minimum Gasteiger partial charge on any atom is -0.305 e. The fourth-order valence-corrected chi connectivity index (χ4v) is 6.71. The van der Waals surface area contributed by atoms with Crippen LogP contribution in [0.1, 0.15) is 38.5 Å². The molecule has 1 aromatic rings. The van der Waals surface area contributed by atoms with E-state index in [1.165, 1.54) is 38.5 Å². The Hall–Kier alpha value is -0.830. The van der Waals surface area contributed by atoms with Crippen LogP contribution in [0.2, 0.25) is 0 Å². The molecular formula is C16H21NOS. The van der Waals surface area contributed by atoms with E-state index in [9.17, 15) is 4.21 Å². The van der Waals surface area contributed by atoms with Crippen LogP contribution in [0.3, 0.4) is 0 Å². The highest BCUT2D eigenvalue weighted by atomic mass is 32.2. The van der Waals surface area contributed by atoms with Gasteiger partial charge in [0.25, 0.3) is 0 Å². The maximum Gasteiger partial charge on any atom is 0.123 e. The Bertz CT molecular complexity index is 463. The fraction of sp³-hybridized carbons (Fsp3) is 0.625. The highest BCUT2D eigenvalue weighted by molar-refractivity contribution is 7.87. The van der Waals surface area contributed by atoms with Crippen molar-refractivity contribution in [1.29, 1.82) is 0 Å². The van der Waals surface area contributed by atoms with Crippen molar-refractivity contribution in [3.05, 3.63) is 30.3 Å². The van der Waals surface area contributed by atoms with Crippen molar-refractivity contribution in [2.45, 2.75) is 43.3 Å². The first-order valence-electron chi connectivity index (χ1n) is 7.47. The largest absolute Gasteiger partial charge is 0.305 e. The van der Waals surface area contributed by atoms with E-state index in [0.717, 1.165) is 23.4 Å². The molecule has 19 heavy (non-hydrogen) atoms. The summed E-state index contributed by atoms with van der Waals surface area (Å²) < 4.78 is 16.2. The second-order valence-electron chi connectivity index (χ2n) is 6.84. The van der Waals surface area contributed by atoms with Crippen molar-refractivity contribution in [3.63, 3.8) is 0 Å². The molecule has 0 spiro atoms. The monoisotopic (exact) mass is 275 g/mol. The Kier molecular flexibility index (Phi) is 2.73. The van der Waals surface area contributed by atoms with Crippen LogP contribution < -0.4 is 4.72 Å². The lowest BCUT2D eigenvalue weighted by atomic mass is 9.56. The molecule has 0 radical (unpaired) electrons. The standard InChI is InChI=1S/C16H21NOS/c18-19(17-15-4-2-1-3-5-15)16-9-12-6-13(10-16)8-14(7-12)11-16/h1-5,12-14,17H,6-11H2. The molecule has 4 aliphatic rings. The van der Waals surface area contributed by atoms with Crippen LogP contribution in [0, 0.1) is 17.8 Å². The van der Waals surface area contributed by atoms with E-state index in [2.05, 4.69) is 4.72 Å². The predicted octanol–water partition coefficient (Wildman–Crippen LogP) is 3.73. The van der Waals surface area contributed by atoms with Crippen LogP contribution in [-0.4, -0.2) is 8.96 Å². The molecule has 0 amide bonds. The molecule has 0 heterocycles. The summed E-state index contributed by atoms with van der Waals surface area (Å²) in [6.07, 6.45) is 7.77. The fourth-order valence-electron chi connectivity index (χ4n) is 4.98. The van der Waals surface area contributed by atoms with Gasteiger partial charge in [0.1, 0.15) is 11.0 Å². The van der Waals surface area contributed by atoms with Gasteiger partial charge in [0.15, 0.2) is 0 Å². The van der Waals surface area contributed by atoms with E-state index in [-0.39, 0.29) is 4.75 Å². The van der Waals surface area contributed by atoms with Gasteiger partial charge in [-0.25, -0.2) is 4.21 Å². The Morgan fingerprint density at radius 3 is 2.00 bits per heavy atom. The SMILES string of the molecule is O=S(Nc1ccccc1)C12CC3CC(CC(C3)C1)C2. The number of hydrogen-bond donors (Lipinski definition) is 1. The molecule has 1 unspecified atom stereocenters. The van der Waals surface area contributed by atoms with Gasteiger partial charge in [-0.2, -0.15) is 0 Å². The van der Waals surface area contributed by atoms with Crippen molar-refractivity contribution in [1.82, 2.24) is 0 Å². The number of rotatable bonds is 3. The highest BCUT2D eigenvalue weighted by Gasteiger charge is 2.54. The third-order valence-electron chi connectivity index (χ3n) is 5.36. The number of anilines is 1. The zero-order valence-electron chi connectivity index (χ0n) is 11.2. The Labute approximate surface area is 117 Å². The topological polar surface area (TPSA) is 29.1 Å². The van der Waals surface area contributed by atoms with E-state index < -0.39 is 11.0 Å². The average molecular weight is 275 g/mol. The summed E-state index contributed by atoms with van der Waals surface area (Å²) in [6, 6.07) is 10.0. The van der Waals surface area contributed by atoms with Crippen LogP contribution in [-0.2, 0) is 11.0 Å². The Balaban J connectivity index is 1.56. The molecule has 0 saturated heterocycles. The van der Waals surface area contributed by atoms with E-state index in [1.54, 1.807) is 0 Å². The summed E-state index contributed by atoms with van der Waals surface area (Å²) in [4.78, 5) is 0. The molecule has 0 aliphatic heterocycles. The van der Waals surface area contributed by atoms with Crippen LogP contribution in [0.5, 0.6) is 0 Å². The summed E-state index contributed by atoms with van der Waals surface area (Å²) in [5, 5.41) is 0. The normalized spacial score (nSPS) is 41.2. The molecule has 2 nitrogen and oxygen atoms in total. The molecule has 4 fully saturated rings. The van der Waals surface area contributed by atoms with E-state index in [0.29, 0.717) is 0 Å². The number of hydrogen-bond acceptors (Lipinski definition) is 1. The first-order valence-corrected chi connectivity index (χ1v) is 8.62. The lowest BCUT2D eigenvalue weighted by Crippen LogP contribution is -2.54. The van der Waals surface area contributed by atoms with Gasteiger partial charge >= 0.3 is 0 Å². The zero-order valence-corrected chi connectivity index (χ0v) is 12.0. The third kappa shape index (κ3) is 2.03. The van der Waals surface area contributed by atoms with Crippen molar-refractivity contribution >= 4 is 16.7 Å². The molecule has 4 saturated carbocycles. The number of para-hydroxylation sites is 1. The Morgan fingerprint density at radius 1 is 0.947 bits per heavy atom. The molecule has 1 aromatic carbocycles. The van der Waals surface area contributed by atoms with Crippen LogP contribution >= 0.6 is 0 Å². The first kappa shape index (κ1) is 12.0. The van der Waals surface area contributed by atoms with Gasteiger partial charge in [-0.05, 0) is 68.4 Å². The summed E-state index contributed by atoms with van der Waals surface area (Å²) in [7, 11) is -0.926. The quantitative estimate of drug-likeness (QED) is 0.894. The molecule has 1 atom stereocenters. The molecule has 4 bridgehead atoms. The second kappa shape index (κ2) is 4.34. The van der Waals surface area contributed by atoms with Gasteiger partial charge in [-0.1, -0.05) is 18.2 Å². The Morgan fingerprint density at radius 2 is 1.47 bits per heavy atom. The van der Waals surface area contributed by atoms with Crippen molar-refractivity contribution in [2.24, 2.45) is 17.8 Å². The van der Waals surface area contributed by atoms with Crippen molar-refractivity contribution in [3.8, 4) is 0 Å². The molecular weight excluding hydrogens is 254 g/mol. The van der Waals surface area contributed by atoms with Gasteiger partial charge in [-0.3, -0.25) is 0 Å². The summed E-state index contributed by atoms with van der Waals surface area (Å²) in [5.74, 6) is 2.56. The van der Waals surface area contributed by atoms with Gasteiger partial charge in [0.2, 0.25) is 0 Å². The molecule has 102 valence electrons. The summed E-state index contributed by atoms with van der Waals surface area (Å²) >= 11 is 0. The van der Waals surface area contributed by atoms with Gasteiger partial charge in [0, 0.05) is 5.69 Å². The minimum absolute atomic E-state index is 0.0740.